The number of anilines is 1. The summed E-state index contributed by atoms with van der Waals surface area (Å²) in [7, 11) is -3.68. The predicted molar refractivity (Wildman–Crippen MR) is 74.6 cm³/mol. The number of sulfonamides is 1. The Morgan fingerprint density at radius 3 is 2.79 bits per heavy atom. The molecule has 6 heteroatoms. The van der Waals surface area contributed by atoms with Crippen LogP contribution in [0.1, 0.15) is 18.9 Å². The third-order valence-corrected chi connectivity index (χ3v) is 4.70. The Bertz CT molecular complexity index is 551. The van der Waals surface area contributed by atoms with E-state index in [9.17, 15) is 8.42 Å². The van der Waals surface area contributed by atoms with Gasteiger partial charge in [-0.3, -0.25) is 0 Å². The van der Waals surface area contributed by atoms with Crippen LogP contribution in [0.15, 0.2) is 23.1 Å². The molecule has 1 aromatic rings. The second kappa shape index (κ2) is 5.48. The molecule has 106 valence electrons. The molecule has 1 aliphatic rings. The lowest BCUT2D eigenvalue weighted by Crippen LogP contribution is -2.27. The van der Waals surface area contributed by atoms with E-state index in [1.807, 2.05) is 6.07 Å². The maximum Gasteiger partial charge on any atom is 0.238 e. The van der Waals surface area contributed by atoms with Crippen LogP contribution in [-0.4, -0.2) is 27.7 Å². The van der Waals surface area contributed by atoms with Gasteiger partial charge in [0.15, 0.2) is 0 Å². The fourth-order valence-electron chi connectivity index (χ4n) is 2.39. The van der Waals surface area contributed by atoms with Crippen molar-refractivity contribution in [3.05, 3.63) is 23.8 Å². The average Bonchev–Trinajstić information content (AvgIpc) is 2.83. The summed E-state index contributed by atoms with van der Waals surface area (Å²) in [5, 5.41) is 8.57. The van der Waals surface area contributed by atoms with Crippen molar-refractivity contribution in [3.63, 3.8) is 0 Å². The summed E-state index contributed by atoms with van der Waals surface area (Å²) in [6.45, 7) is 5.40. The molecule has 1 aliphatic heterocycles. The minimum atomic E-state index is -3.68. The molecule has 0 aliphatic carbocycles. The van der Waals surface area contributed by atoms with Crippen molar-refractivity contribution in [1.29, 1.82) is 0 Å². The lowest BCUT2D eigenvalue weighted by atomic mass is 10.00. The highest BCUT2D eigenvalue weighted by Gasteiger charge is 2.23. The zero-order chi connectivity index (χ0) is 14.0. The number of ether oxygens (including phenoxy) is 1. The van der Waals surface area contributed by atoms with E-state index >= 15 is 0 Å². The highest BCUT2D eigenvalue weighted by Crippen LogP contribution is 2.25. The molecule has 1 fully saturated rings. The van der Waals surface area contributed by atoms with E-state index in [1.165, 1.54) is 6.07 Å². The summed E-state index contributed by atoms with van der Waals surface area (Å²) in [4.78, 5) is 0.173. The summed E-state index contributed by atoms with van der Waals surface area (Å²) >= 11 is 0. The number of nitrogens with one attached hydrogen (secondary N) is 1. The standard InChI is InChI=1S/C13H20N2O3S/c1-9-12(4-3-5-13(9)19(14,16)17)15-10(2)11-6-7-18-8-11/h3-5,10-11,15H,6-8H2,1-2H3,(H2,14,16,17). The van der Waals surface area contributed by atoms with Crippen LogP contribution in [0.3, 0.4) is 0 Å². The Hall–Kier alpha value is -1.11. The van der Waals surface area contributed by atoms with Crippen LogP contribution in [0.2, 0.25) is 0 Å². The molecule has 2 rings (SSSR count). The van der Waals surface area contributed by atoms with Gasteiger partial charge in [-0.15, -0.1) is 0 Å². The van der Waals surface area contributed by atoms with Gasteiger partial charge in [-0.1, -0.05) is 6.07 Å². The smallest absolute Gasteiger partial charge is 0.238 e. The largest absolute Gasteiger partial charge is 0.382 e. The van der Waals surface area contributed by atoms with Crippen LogP contribution in [0.4, 0.5) is 5.69 Å². The second-order valence-corrected chi connectivity index (χ2v) is 6.56. The number of nitrogens with two attached hydrogens (primary N) is 1. The molecular weight excluding hydrogens is 264 g/mol. The van der Waals surface area contributed by atoms with Crippen LogP contribution < -0.4 is 10.5 Å². The van der Waals surface area contributed by atoms with Crippen LogP contribution in [-0.2, 0) is 14.8 Å². The van der Waals surface area contributed by atoms with Gasteiger partial charge >= 0.3 is 0 Å². The average molecular weight is 284 g/mol. The first-order valence-corrected chi connectivity index (χ1v) is 7.91. The Kier molecular flexibility index (Phi) is 4.13. The van der Waals surface area contributed by atoms with Crippen LogP contribution in [0, 0.1) is 12.8 Å². The first kappa shape index (κ1) is 14.3. The molecule has 3 N–H and O–H groups in total. The minimum absolute atomic E-state index is 0.173. The molecule has 5 nitrogen and oxygen atoms in total. The molecule has 0 amide bonds. The van der Waals surface area contributed by atoms with Gasteiger partial charge in [-0.2, -0.15) is 0 Å². The second-order valence-electron chi connectivity index (χ2n) is 5.03. The predicted octanol–water partition coefficient (Wildman–Crippen LogP) is 1.48. The van der Waals surface area contributed by atoms with Crippen molar-refractivity contribution in [2.75, 3.05) is 18.5 Å². The van der Waals surface area contributed by atoms with E-state index in [2.05, 4.69) is 12.2 Å². The molecule has 0 bridgehead atoms. The van der Waals surface area contributed by atoms with Gasteiger partial charge in [0.25, 0.3) is 0 Å². The van der Waals surface area contributed by atoms with Crippen LogP contribution in [0.25, 0.3) is 0 Å². The van der Waals surface area contributed by atoms with Gasteiger partial charge in [0.2, 0.25) is 10.0 Å². The van der Waals surface area contributed by atoms with Crippen molar-refractivity contribution in [2.45, 2.75) is 31.2 Å². The van der Waals surface area contributed by atoms with Crippen LogP contribution >= 0.6 is 0 Å². The fraction of sp³-hybridized carbons (Fsp3) is 0.538. The van der Waals surface area contributed by atoms with Gasteiger partial charge in [0.1, 0.15) is 0 Å². The first-order valence-electron chi connectivity index (χ1n) is 6.36. The van der Waals surface area contributed by atoms with Gasteiger partial charge in [-0.25, -0.2) is 13.6 Å². The SMILES string of the molecule is Cc1c(NC(C)C2CCOC2)cccc1S(N)(=O)=O. The molecule has 0 saturated carbocycles. The van der Waals surface area contributed by atoms with Crippen molar-refractivity contribution in [2.24, 2.45) is 11.1 Å². The Morgan fingerprint density at radius 2 is 2.21 bits per heavy atom. The number of rotatable bonds is 4. The topological polar surface area (TPSA) is 81.4 Å². The highest BCUT2D eigenvalue weighted by molar-refractivity contribution is 7.89. The lowest BCUT2D eigenvalue weighted by Gasteiger charge is -2.22. The number of hydrogen-bond acceptors (Lipinski definition) is 4. The van der Waals surface area contributed by atoms with Crippen LogP contribution in [0.5, 0.6) is 0 Å². The molecule has 2 atom stereocenters. The van der Waals surface area contributed by atoms with Crippen molar-refractivity contribution < 1.29 is 13.2 Å². The van der Waals surface area contributed by atoms with Crippen molar-refractivity contribution >= 4 is 15.7 Å². The maximum atomic E-state index is 11.5. The fourth-order valence-corrected chi connectivity index (χ4v) is 3.19. The monoisotopic (exact) mass is 284 g/mol. The summed E-state index contributed by atoms with van der Waals surface area (Å²) in [6.07, 6.45) is 1.03. The molecule has 0 radical (unpaired) electrons. The summed E-state index contributed by atoms with van der Waals surface area (Å²) < 4.78 is 28.3. The number of benzene rings is 1. The van der Waals surface area contributed by atoms with E-state index in [4.69, 9.17) is 9.88 Å². The third-order valence-electron chi connectivity index (χ3n) is 3.65. The van der Waals surface area contributed by atoms with Crippen molar-refractivity contribution in [1.82, 2.24) is 0 Å². The van der Waals surface area contributed by atoms with Gasteiger partial charge in [0, 0.05) is 24.3 Å². The lowest BCUT2D eigenvalue weighted by molar-refractivity contribution is 0.183. The number of hydrogen-bond donors (Lipinski definition) is 2. The van der Waals surface area contributed by atoms with Gasteiger partial charge in [-0.05, 0) is 38.0 Å². The summed E-state index contributed by atoms with van der Waals surface area (Å²) in [5.41, 5.74) is 1.47. The molecule has 0 spiro atoms. The Morgan fingerprint density at radius 1 is 1.47 bits per heavy atom. The van der Waals surface area contributed by atoms with Gasteiger partial charge in [0.05, 0.1) is 11.5 Å². The molecule has 0 aromatic heterocycles. The Labute approximate surface area is 114 Å². The molecule has 1 heterocycles. The minimum Gasteiger partial charge on any atom is -0.382 e. The molecule has 1 saturated heterocycles. The molecule has 2 unspecified atom stereocenters. The van der Waals surface area contributed by atoms with E-state index in [-0.39, 0.29) is 10.9 Å². The van der Waals surface area contributed by atoms with Crippen molar-refractivity contribution in [3.8, 4) is 0 Å². The maximum absolute atomic E-state index is 11.5. The zero-order valence-corrected chi connectivity index (χ0v) is 12.0. The number of primary sulfonamides is 1. The normalized spacial score (nSPS) is 21.3. The van der Waals surface area contributed by atoms with Gasteiger partial charge < -0.3 is 10.1 Å². The quantitative estimate of drug-likeness (QED) is 0.877. The highest BCUT2D eigenvalue weighted by atomic mass is 32.2. The molecule has 19 heavy (non-hydrogen) atoms. The zero-order valence-electron chi connectivity index (χ0n) is 11.2. The van der Waals surface area contributed by atoms with E-state index in [0.29, 0.717) is 11.5 Å². The molecule has 1 aromatic carbocycles. The first-order chi connectivity index (χ1) is 8.89. The summed E-state index contributed by atoms with van der Waals surface area (Å²) in [6, 6.07) is 5.33. The summed E-state index contributed by atoms with van der Waals surface area (Å²) in [5.74, 6) is 0.456. The van der Waals surface area contributed by atoms with E-state index < -0.39 is 10.0 Å². The van der Waals surface area contributed by atoms with E-state index in [1.54, 1.807) is 13.0 Å². The molecular formula is C13H20N2O3S. The Balaban J connectivity index is 2.21. The van der Waals surface area contributed by atoms with E-state index in [0.717, 1.165) is 25.3 Å². The third kappa shape index (κ3) is 3.26.